The Bertz CT molecular complexity index is 596. The fourth-order valence-corrected chi connectivity index (χ4v) is 3.03. The topological polar surface area (TPSA) is 49.8 Å². The van der Waals surface area contributed by atoms with E-state index in [1.807, 2.05) is 30.3 Å². The number of aromatic hydroxyl groups is 1. The second-order valence-electron chi connectivity index (χ2n) is 4.76. The van der Waals surface area contributed by atoms with Crippen molar-refractivity contribution in [2.24, 2.45) is 0 Å². The number of hydrogen-bond donors (Lipinski definition) is 1. The van der Waals surface area contributed by atoms with E-state index >= 15 is 0 Å². The van der Waals surface area contributed by atoms with Crippen molar-refractivity contribution in [2.75, 3.05) is 13.1 Å². The lowest BCUT2D eigenvalue weighted by Crippen LogP contribution is -2.30. The van der Waals surface area contributed by atoms with E-state index in [2.05, 4.69) is 0 Å². The summed E-state index contributed by atoms with van der Waals surface area (Å²) in [5, 5.41) is 10.9. The average molecular weight is 289 g/mol. The lowest BCUT2D eigenvalue weighted by Gasteiger charge is -2.16. The summed E-state index contributed by atoms with van der Waals surface area (Å²) in [5.74, 6) is 0.949. The van der Waals surface area contributed by atoms with E-state index in [4.69, 9.17) is 4.74 Å². The van der Waals surface area contributed by atoms with Gasteiger partial charge in [0.2, 0.25) is 0 Å². The van der Waals surface area contributed by atoms with E-state index in [0.29, 0.717) is 18.0 Å². The van der Waals surface area contributed by atoms with Crippen molar-refractivity contribution in [1.29, 1.82) is 0 Å². The highest BCUT2D eigenvalue weighted by Crippen LogP contribution is 2.24. The van der Waals surface area contributed by atoms with Gasteiger partial charge >= 0.3 is 0 Å². The molecule has 1 atom stereocenters. The van der Waals surface area contributed by atoms with E-state index in [9.17, 15) is 9.90 Å². The lowest BCUT2D eigenvalue weighted by molar-refractivity contribution is 0.0777. The van der Waals surface area contributed by atoms with Crippen LogP contribution in [0.3, 0.4) is 0 Å². The molecular formula is C15H15NO3S. The minimum absolute atomic E-state index is 0.0329. The number of carbonyl (C=O) groups is 1. The predicted molar refractivity (Wildman–Crippen MR) is 77.4 cm³/mol. The molecule has 5 heteroatoms. The number of ether oxygens (including phenoxy) is 1. The molecule has 20 heavy (non-hydrogen) atoms. The van der Waals surface area contributed by atoms with Gasteiger partial charge in [-0.2, -0.15) is 0 Å². The van der Waals surface area contributed by atoms with Crippen LogP contribution in [-0.2, 0) is 0 Å². The lowest BCUT2D eigenvalue weighted by atomic mass is 10.3. The Morgan fingerprint density at radius 3 is 2.85 bits per heavy atom. The maximum atomic E-state index is 12.2. The van der Waals surface area contributed by atoms with Gasteiger partial charge in [0.15, 0.2) is 0 Å². The number of rotatable bonds is 3. The van der Waals surface area contributed by atoms with Crippen LogP contribution in [0.1, 0.15) is 16.1 Å². The number of nitrogens with zero attached hydrogens (tertiary/aromatic N) is 1. The van der Waals surface area contributed by atoms with Gasteiger partial charge in [-0.3, -0.25) is 4.79 Å². The van der Waals surface area contributed by atoms with Crippen molar-refractivity contribution in [1.82, 2.24) is 4.90 Å². The van der Waals surface area contributed by atoms with Crippen molar-refractivity contribution in [2.45, 2.75) is 12.5 Å². The number of para-hydroxylation sites is 1. The smallest absolute Gasteiger partial charge is 0.264 e. The second-order valence-corrected chi connectivity index (χ2v) is 5.67. The summed E-state index contributed by atoms with van der Waals surface area (Å²) < 4.78 is 5.86. The summed E-state index contributed by atoms with van der Waals surface area (Å²) >= 11 is 1.27. The Morgan fingerprint density at radius 2 is 2.15 bits per heavy atom. The monoisotopic (exact) mass is 289 g/mol. The van der Waals surface area contributed by atoms with Gasteiger partial charge in [0, 0.05) is 24.4 Å². The van der Waals surface area contributed by atoms with Gasteiger partial charge in [-0.1, -0.05) is 18.2 Å². The highest BCUT2D eigenvalue weighted by molar-refractivity contribution is 7.12. The van der Waals surface area contributed by atoms with E-state index in [-0.39, 0.29) is 17.8 Å². The molecule has 0 bridgehead atoms. The zero-order chi connectivity index (χ0) is 13.9. The Kier molecular flexibility index (Phi) is 3.60. The maximum absolute atomic E-state index is 12.2. The molecule has 0 spiro atoms. The Labute approximate surface area is 121 Å². The molecular weight excluding hydrogens is 274 g/mol. The van der Waals surface area contributed by atoms with Crippen LogP contribution in [0, 0.1) is 0 Å². The van der Waals surface area contributed by atoms with Gasteiger partial charge in [0.1, 0.15) is 17.6 Å². The first kappa shape index (κ1) is 13.0. The number of thiophene rings is 1. The SMILES string of the molecule is O=C(c1cc(O)cs1)N1CCC(Oc2ccccc2)C1. The number of hydrogen-bond acceptors (Lipinski definition) is 4. The molecule has 1 aromatic carbocycles. The summed E-state index contributed by atoms with van der Waals surface area (Å²) in [4.78, 5) is 14.6. The van der Waals surface area contributed by atoms with Gasteiger partial charge in [0.25, 0.3) is 5.91 Å². The van der Waals surface area contributed by atoms with Crippen LogP contribution in [0.15, 0.2) is 41.8 Å². The largest absolute Gasteiger partial charge is 0.507 e. The third-order valence-electron chi connectivity index (χ3n) is 3.27. The first-order chi connectivity index (χ1) is 9.72. The van der Waals surface area contributed by atoms with E-state index in [1.165, 1.54) is 17.4 Å². The quantitative estimate of drug-likeness (QED) is 0.945. The minimum Gasteiger partial charge on any atom is -0.507 e. The fraction of sp³-hybridized carbons (Fsp3) is 0.267. The number of likely N-dealkylation sites (tertiary alicyclic amines) is 1. The molecule has 2 aromatic rings. The number of carbonyl (C=O) groups excluding carboxylic acids is 1. The molecule has 1 aliphatic rings. The summed E-state index contributed by atoms with van der Waals surface area (Å²) in [6.07, 6.45) is 0.868. The third kappa shape index (κ3) is 2.77. The normalized spacial score (nSPS) is 18.2. The number of amides is 1. The summed E-state index contributed by atoms with van der Waals surface area (Å²) in [6, 6.07) is 11.2. The van der Waals surface area contributed by atoms with E-state index in [0.717, 1.165) is 12.2 Å². The first-order valence-corrected chi connectivity index (χ1v) is 7.39. The maximum Gasteiger partial charge on any atom is 0.264 e. The Hall–Kier alpha value is -2.01. The first-order valence-electron chi connectivity index (χ1n) is 6.51. The van der Waals surface area contributed by atoms with Gasteiger partial charge < -0.3 is 14.7 Å². The van der Waals surface area contributed by atoms with Crippen molar-refractivity contribution in [3.8, 4) is 11.5 Å². The van der Waals surface area contributed by atoms with E-state index in [1.54, 1.807) is 10.3 Å². The standard InChI is InChI=1S/C15H15NO3S/c17-11-8-14(20-10-11)15(18)16-7-6-13(9-16)19-12-4-2-1-3-5-12/h1-5,8,10,13,17H,6-7,9H2. The van der Waals surface area contributed by atoms with Crippen LogP contribution in [0.4, 0.5) is 0 Å². The van der Waals surface area contributed by atoms with Crippen LogP contribution < -0.4 is 4.74 Å². The van der Waals surface area contributed by atoms with Crippen molar-refractivity contribution >= 4 is 17.2 Å². The van der Waals surface area contributed by atoms with Gasteiger partial charge in [-0.25, -0.2) is 0 Å². The van der Waals surface area contributed by atoms with Gasteiger partial charge in [-0.05, 0) is 12.1 Å². The van der Waals surface area contributed by atoms with Crippen LogP contribution in [0.25, 0.3) is 0 Å². The predicted octanol–water partition coefficient (Wildman–Crippen LogP) is 2.75. The number of benzene rings is 1. The molecule has 2 heterocycles. The molecule has 1 saturated heterocycles. The fourth-order valence-electron chi connectivity index (χ4n) is 2.29. The van der Waals surface area contributed by atoms with Crippen molar-refractivity contribution in [3.05, 3.63) is 46.7 Å². The second kappa shape index (κ2) is 5.54. The molecule has 0 saturated carbocycles. The molecule has 0 radical (unpaired) electrons. The molecule has 0 aliphatic carbocycles. The van der Waals surface area contributed by atoms with Crippen LogP contribution in [0.2, 0.25) is 0 Å². The van der Waals surface area contributed by atoms with Crippen LogP contribution >= 0.6 is 11.3 Å². The molecule has 1 amide bonds. The Morgan fingerprint density at radius 1 is 1.35 bits per heavy atom. The summed E-state index contributed by atoms with van der Waals surface area (Å²) in [7, 11) is 0. The van der Waals surface area contributed by atoms with Gasteiger partial charge in [-0.15, -0.1) is 11.3 Å². The van der Waals surface area contributed by atoms with Crippen molar-refractivity contribution in [3.63, 3.8) is 0 Å². The Balaban J connectivity index is 1.61. The highest BCUT2D eigenvalue weighted by Gasteiger charge is 2.28. The molecule has 4 nitrogen and oxygen atoms in total. The molecule has 1 aromatic heterocycles. The molecule has 3 rings (SSSR count). The zero-order valence-corrected chi connectivity index (χ0v) is 11.7. The van der Waals surface area contributed by atoms with E-state index < -0.39 is 0 Å². The third-order valence-corrected chi connectivity index (χ3v) is 4.18. The molecule has 1 N–H and O–H groups in total. The van der Waals surface area contributed by atoms with Crippen molar-refractivity contribution < 1.29 is 14.6 Å². The molecule has 104 valence electrons. The minimum atomic E-state index is -0.0329. The summed E-state index contributed by atoms with van der Waals surface area (Å²) in [6.45, 7) is 1.28. The molecule has 1 aliphatic heterocycles. The molecule has 1 unspecified atom stereocenters. The summed E-state index contributed by atoms with van der Waals surface area (Å²) in [5.41, 5.74) is 0. The van der Waals surface area contributed by atoms with Gasteiger partial charge in [0.05, 0.1) is 11.4 Å². The van der Waals surface area contributed by atoms with Crippen LogP contribution in [0.5, 0.6) is 11.5 Å². The molecule has 1 fully saturated rings. The highest BCUT2D eigenvalue weighted by atomic mass is 32.1. The zero-order valence-electron chi connectivity index (χ0n) is 10.9. The average Bonchev–Trinajstić information content (AvgIpc) is 3.08. The van der Waals surface area contributed by atoms with Crippen LogP contribution in [-0.4, -0.2) is 35.1 Å².